The summed E-state index contributed by atoms with van der Waals surface area (Å²) in [7, 11) is -3.48. The van der Waals surface area contributed by atoms with E-state index in [2.05, 4.69) is 13.2 Å². The third-order valence-electron chi connectivity index (χ3n) is 2.63. The zero-order valence-electron chi connectivity index (χ0n) is 11.1. The van der Waals surface area contributed by atoms with Gasteiger partial charge in [0.25, 0.3) is 0 Å². The number of allylic oxidation sites excluding steroid dienone is 1. The topological polar surface area (TPSA) is 37.4 Å². The van der Waals surface area contributed by atoms with Gasteiger partial charge in [-0.2, -0.15) is 4.31 Å². The number of hydrogen-bond donors (Lipinski definition) is 0. The highest BCUT2D eigenvalue weighted by molar-refractivity contribution is 7.89. The van der Waals surface area contributed by atoms with Crippen LogP contribution in [-0.4, -0.2) is 25.8 Å². The Morgan fingerprint density at radius 3 is 2.26 bits per heavy atom. The molecule has 0 N–H and O–H groups in total. The van der Waals surface area contributed by atoms with E-state index in [0.717, 1.165) is 5.56 Å². The van der Waals surface area contributed by atoms with Crippen molar-refractivity contribution >= 4 is 16.1 Å². The summed E-state index contributed by atoms with van der Waals surface area (Å²) >= 11 is 0. The molecule has 3 nitrogen and oxygen atoms in total. The van der Waals surface area contributed by atoms with Gasteiger partial charge in [0.15, 0.2) is 0 Å². The highest BCUT2D eigenvalue weighted by Crippen LogP contribution is 2.17. The lowest BCUT2D eigenvalue weighted by atomic mass is 10.2. The first-order chi connectivity index (χ1) is 9.06. The van der Waals surface area contributed by atoms with Crippen LogP contribution in [0.15, 0.2) is 60.5 Å². The van der Waals surface area contributed by atoms with Gasteiger partial charge in [0.2, 0.25) is 10.0 Å². The van der Waals surface area contributed by atoms with E-state index in [1.165, 1.54) is 4.31 Å². The Balaban J connectivity index is 3.09. The van der Waals surface area contributed by atoms with E-state index in [1.807, 2.05) is 13.0 Å². The lowest BCUT2D eigenvalue weighted by molar-refractivity contribution is 0.474. The molecule has 4 heteroatoms. The van der Waals surface area contributed by atoms with E-state index < -0.39 is 10.0 Å². The van der Waals surface area contributed by atoms with Crippen LogP contribution in [0.4, 0.5) is 0 Å². The molecule has 0 amide bonds. The quantitative estimate of drug-likeness (QED) is 0.718. The standard InChI is InChI=1S/C15H19NO2S/c1-4-7-13-16(12-5-2)19(17,18)15-10-8-14(6-3)9-11-15/h4-11H,2-3,12-13H2,1H3/b7-4+. The monoisotopic (exact) mass is 277 g/mol. The minimum absolute atomic E-state index is 0.282. The summed E-state index contributed by atoms with van der Waals surface area (Å²) < 4.78 is 26.3. The molecule has 0 aliphatic rings. The van der Waals surface area contributed by atoms with Crippen LogP contribution >= 0.6 is 0 Å². The minimum Gasteiger partial charge on any atom is -0.207 e. The molecule has 0 spiro atoms. The second-order valence-corrected chi connectivity index (χ2v) is 5.89. The van der Waals surface area contributed by atoms with Gasteiger partial charge in [-0.3, -0.25) is 0 Å². The second-order valence-electron chi connectivity index (χ2n) is 3.95. The van der Waals surface area contributed by atoms with Crippen LogP contribution in [0.1, 0.15) is 12.5 Å². The molecule has 0 bridgehead atoms. The molecule has 1 rings (SSSR count). The molecule has 0 fully saturated rings. The van der Waals surface area contributed by atoms with E-state index >= 15 is 0 Å². The van der Waals surface area contributed by atoms with Crippen LogP contribution in [0.3, 0.4) is 0 Å². The van der Waals surface area contributed by atoms with Crippen molar-refractivity contribution in [1.82, 2.24) is 4.31 Å². The highest BCUT2D eigenvalue weighted by Gasteiger charge is 2.21. The van der Waals surface area contributed by atoms with Crippen molar-refractivity contribution < 1.29 is 8.42 Å². The molecule has 0 aliphatic carbocycles. The van der Waals surface area contributed by atoms with Crippen molar-refractivity contribution in [3.8, 4) is 0 Å². The highest BCUT2D eigenvalue weighted by atomic mass is 32.2. The average molecular weight is 277 g/mol. The van der Waals surface area contributed by atoms with Gasteiger partial charge in [-0.15, -0.1) is 6.58 Å². The summed E-state index contributed by atoms with van der Waals surface area (Å²) in [4.78, 5) is 0.282. The van der Waals surface area contributed by atoms with Crippen LogP contribution in [-0.2, 0) is 10.0 Å². The Bertz CT molecular complexity index is 556. The zero-order chi connectivity index (χ0) is 14.3. The molecule has 19 heavy (non-hydrogen) atoms. The van der Waals surface area contributed by atoms with Crippen LogP contribution in [0, 0.1) is 0 Å². The van der Waals surface area contributed by atoms with Crippen LogP contribution in [0.2, 0.25) is 0 Å². The van der Waals surface area contributed by atoms with Gasteiger partial charge in [0, 0.05) is 13.1 Å². The predicted octanol–water partition coefficient (Wildman–Crippen LogP) is 3.08. The molecule has 0 atom stereocenters. The maximum absolute atomic E-state index is 12.4. The average Bonchev–Trinajstić information content (AvgIpc) is 2.43. The van der Waals surface area contributed by atoms with Crippen LogP contribution < -0.4 is 0 Å². The maximum Gasteiger partial charge on any atom is 0.243 e. The molecule has 0 aromatic heterocycles. The fraction of sp³-hybridized carbons (Fsp3) is 0.200. The molecule has 0 aliphatic heterocycles. The Morgan fingerprint density at radius 1 is 1.16 bits per heavy atom. The number of benzene rings is 1. The van der Waals surface area contributed by atoms with Crippen LogP contribution in [0.5, 0.6) is 0 Å². The molecule has 1 aromatic rings. The van der Waals surface area contributed by atoms with Gasteiger partial charge in [0.05, 0.1) is 4.90 Å². The summed E-state index contributed by atoms with van der Waals surface area (Å²) in [5, 5.41) is 0. The molecule has 102 valence electrons. The van der Waals surface area contributed by atoms with Crippen molar-refractivity contribution in [3.63, 3.8) is 0 Å². The van der Waals surface area contributed by atoms with Gasteiger partial charge in [-0.1, -0.05) is 43.0 Å². The summed E-state index contributed by atoms with van der Waals surface area (Å²) in [6.07, 6.45) is 6.89. The molecule has 0 saturated heterocycles. The number of hydrogen-bond acceptors (Lipinski definition) is 2. The van der Waals surface area contributed by atoms with E-state index in [-0.39, 0.29) is 11.4 Å². The Labute approximate surface area is 115 Å². The van der Waals surface area contributed by atoms with Crippen molar-refractivity contribution in [2.45, 2.75) is 11.8 Å². The summed E-state index contributed by atoms with van der Waals surface area (Å²) in [5.41, 5.74) is 0.891. The molecular formula is C15H19NO2S. The van der Waals surface area contributed by atoms with Crippen molar-refractivity contribution in [3.05, 3.63) is 61.2 Å². The van der Waals surface area contributed by atoms with Gasteiger partial charge < -0.3 is 0 Å². The predicted molar refractivity (Wildman–Crippen MR) is 80.3 cm³/mol. The lowest BCUT2D eigenvalue weighted by Gasteiger charge is -2.19. The first-order valence-corrected chi connectivity index (χ1v) is 7.45. The minimum atomic E-state index is -3.48. The van der Waals surface area contributed by atoms with Gasteiger partial charge in [0.1, 0.15) is 0 Å². The Hall–Kier alpha value is -1.65. The smallest absolute Gasteiger partial charge is 0.207 e. The molecule has 1 aromatic carbocycles. The maximum atomic E-state index is 12.4. The number of rotatable bonds is 7. The first kappa shape index (κ1) is 15.4. The van der Waals surface area contributed by atoms with Crippen LogP contribution in [0.25, 0.3) is 6.08 Å². The fourth-order valence-corrected chi connectivity index (χ4v) is 2.92. The van der Waals surface area contributed by atoms with Crippen molar-refractivity contribution in [2.24, 2.45) is 0 Å². The Kier molecular flexibility index (Phi) is 5.73. The number of nitrogens with zero attached hydrogens (tertiary/aromatic N) is 1. The van der Waals surface area contributed by atoms with E-state index in [4.69, 9.17) is 0 Å². The SMILES string of the molecule is C=CCN(C/C=C/C)S(=O)(=O)c1ccc(C=C)cc1. The molecule has 0 radical (unpaired) electrons. The van der Waals surface area contributed by atoms with Gasteiger partial charge in [-0.25, -0.2) is 8.42 Å². The normalized spacial score (nSPS) is 11.9. The molecular weight excluding hydrogens is 258 g/mol. The van der Waals surface area contributed by atoms with E-state index in [1.54, 1.807) is 42.5 Å². The van der Waals surface area contributed by atoms with E-state index in [0.29, 0.717) is 6.54 Å². The van der Waals surface area contributed by atoms with Gasteiger partial charge >= 0.3 is 0 Å². The van der Waals surface area contributed by atoms with Crippen molar-refractivity contribution in [1.29, 1.82) is 0 Å². The number of sulfonamides is 1. The molecule has 0 heterocycles. The summed E-state index contributed by atoms with van der Waals surface area (Å²) in [6, 6.07) is 6.67. The third-order valence-corrected chi connectivity index (χ3v) is 4.48. The first-order valence-electron chi connectivity index (χ1n) is 6.01. The Morgan fingerprint density at radius 2 is 1.79 bits per heavy atom. The molecule has 0 unspecified atom stereocenters. The molecule has 0 saturated carbocycles. The van der Waals surface area contributed by atoms with Crippen molar-refractivity contribution in [2.75, 3.05) is 13.1 Å². The zero-order valence-corrected chi connectivity index (χ0v) is 11.9. The largest absolute Gasteiger partial charge is 0.243 e. The third kappa shape index (κ3) is 3.91. The second kappa shape index (κ2) is 7.07. The summed E-state index contributed by atoms with van der Waals surface area (Å²) in [6.45, 7) is 9.73. The summed E-state index contributed by atoms with van der Waals surface area (Å²) in [5.74, 6) is 0. The lowest BCUT2D eigenvalue weighted by Crippen LogP contribution is -2.31. The van der Waals surface area contributed by atoms with Gasteiger partial charge in [-0.05, 0) is 24.6 Å². The fourth-order valence-electron chi connectivity index (χ4n) is 1.56. The van der Waals surface area contributed by atoms with E-state index in [9.17, 15) is 8.42 Å².